The molecule has 1 aliphatic heterocycles. The minimum atomic E-state index is -3.09. The van der Waals surface area contributed by atoms with Gasteiger partial charge in [0.1, 0.15) is 6.04 Å². The summed E-state index contributed by atoms with van der Waals surface area (Å²) in [5, 5.41) is 9.69. The van der Waals surface area contributed by atoms with Crippen molar-refractivity contribution in [2.24, 2.45) is 0 Å². The molecule has 2 aromatic heterocycles. The van der Waals surface area contributed by atoms with E-state index in [0.717, 1.165) is 16.0 Å². The van der Waals surface area contributed by atoms with Crippen molar-refractivity contribution < 1.29 is 23.1 Å². The highest BCUT2D eigenvalue weighted by Crippen LogP contribution is 2.32. The molecule has 176 valence electrons. The Labute approximate surface area is 201 Å². The molecule has 34 heavy (non-hydrogen) atoms. The Bertz CT molecular complexity index is 1260. The van der Waals surface area contributed by atoms with Crippen LogP contribution in [0.2, 0.25) is 0 Å². The number of hydrogen-bond acceptors (Lipinski definition) is 6. The lowest BCUT2D eigenvalue weighted by Crippen LogP contribution is -2.36. The Balaban J connectivity index is 0.00000324. The molecule has 1 atom stereocenters. The number of likely N-dealkylation sites (tertiary alicyclic amines) is 1. The highest BCUT2D eigenvalue weighted by Gasteiger charge is 2.47. The number of hydrogen-bond donors (Lipinski definition) is 0. The van der Waals surface area contributed by atoms with Gasteiger partial charge >= 0.3 is 0 Å². The van der Waals surface area contributed by atoms with Crippen molar-refractivity contribution in [2.45, 2.75) is 31.2 Å². The Kier molecular flexibility index (Phi) is 7.47. The molecule has 1 amide bonds. The number of ketones is 1. The lowest BCUT2D eigenvalue weighted by Gasteiger charge is -2.18. The van der Waals surface area contributed by atoms with E-state index in [2.05, 4.69) is 9.97 Å². The van der Waals surface area contributed by atoms with E-state index in [4.69, 9.17) is 10.00 Å². The van der Waals surface area contributed by atoms with Crippen LogP contribution < -0.4 is 4.74 Å². The second kappa shape index (κ2) is 10.1. The van der Waals surface area contributed by atoms with Gasteiger partial charge in [0, 0.05) is 54.2 Å². The summed E-state index contributed by atoms with van der Waals surface area (Å²) in [5.74, 6) is -3.54. The Morgan fingerprint density at radius 3 is 2.62 bits per heavy atom. The number of methoxy groups -OCH3 is 1. The molecule has 4 rings (SSSR count). The second-order valence-electron chi connectivity index (χ2n) is 7.83. The summed E-state index contributed by atoms with van der Waals surface area (Å²) in [4.78, 5) is 34.8. The van der Waals surface area contributed by atoms with E-state index in [-0.39, 0.29) is 32.1 Å². The van der Waals surface area contributed by atoms with Crippen molar-refractivity contribution in [3.8, 4) is 23.1 Å². The molecule has 0 N–H and O–H groups in total. The third-order valence-electron chi connectivity index (χ3n) is 5.63. The molecule has 0 bridgehead atoms. The Hall–Kier alpha value is -3.58. The zero-order valence-corrected chi connectivity index (χ0v) is 19.3. The number of alkyl halides is 2. The summed E-state index contributed by atoms with van der Waals surface area (Å²) in [5.41, 5.74) is 2.65. The van der Waals surface area contributed by atoms with Gasteiger partial charge in [0.25, 0.3) is 5.92 Å². The third-order valence-corrected chi connectivity index (χ3v) is 5.63. The number of pyridine rings is 2. The number of fused-ring (bicyclic) bond motifs is 1. The van der Waals surface area contributed by atoms with Crippen LogP contribution in [0.3, 0.4) is 0 Å². The SMILES string of the molecule is COc1ccc(-c2ccc3nccc(C(=O)CCC(=O)N4CC(F)(F)C[C@H]4C#N)c3c2)cn1.S. The van der Waals surface area contributed by atoms with Gasteiger partial charge in [-0.3, -0.25) is 14.6 Å². The van der Waals surface area contributed by atoms with Gasteiger partial charge in [0.05, 0.1) is 25.2 Å². The lowest BCUT2D eigenvalue weighted by molar-refractivity contribution is -0.132. The van der Waals surface area contributed by atoms with Crippen molar-refractivity contribution in [2.75, 3.05) is 13.7 Å². The third kappa shape index (κ3) is 5.15. The minimum Gasteiger partial charge on any atom is -0.481 e. The normalized spacial score (nSPS) is 16.5. The van der Waals surface area contributed by atoms with E-state index < -0.39 is 30.8 Å². The average Bonchev–Trinajstić information content (AvgIpc) is 3.16. The van der Waals surface area contributed by atoms with Crippen LogP contribution in [-0.2, 0) is 4.79 Å². The summed E-state index contributed by atoms with van der Waals surface area (Å²) in [6.45, 7) is -0.796. The lowest BCUT2D eigenvalue weighted by atomic mass is 9.98. The van der Waals surface area contributed by atoms with Crippen LogP contribution in [0.4, 0.5) is 8.78 Å². The van der Waals surface area contributed by atoms with Crippen LogP contribution in [0.5, 0.6) is 5.88 Å². The number of carbonyl (C=O) groups is 2. The molecular weight excluding hydrogens is 462 g/mol. The quantitative estimate of drug-likeness (QED) is 0.488. The maximum absolute atomic E-state index is 13.6. The van der Waals surface area contributed by atoms with E-state index in [1.807, 2.05) is 18.2 Å². The first-order valence-corrected chi connectivity index (χ1v) is 10.3. The highest BCUT2D eigenvalue weighted by molar-refractivity contribution is 7.59. The largest absolute Gasteiger partial charge is 0.481 e. The molecule has 0 saturated carbocycles. The number of Topliss-reactive ketones (excluding diaryl/α,β-unsaturated/α-hetero) is 1. The molecule has 0 unspecified atom stereocenters. The molecule has 1 fully saturated rings. The van der Waals surface area contributed by atoms with Crippen molar-refractivity contribution in [3.63, 3.8) is 0 Å². The summed E-state index contributed by atoms with van der Waals surface area (Å²) >= 11 is 0. The van der Waals surface area contributed by atoms with Crippen LogP contribution >= 0.6 is 13.5 Å². The first-order chi connectivity index (χ1) is 15.8. The standard InChI is InChI=1S/C24H20F2N4O3.H2S/c1-33-22-6-3-16(13-29-22)15-2-4-20-19(10-15)18(8-9-28-20)21(31)5-7-23(32)30-14-24(25,26)11-17(30)12-27;/h2-4,6,8-10,13,17H,5,7,11,14H2,1H3;1H2/t17-;/m0./s1. The van der Waals surface area contributed by atoms with E-state index in [9.17, 15) is 18.4 Å². The van der Waals surface area contributed by atoms with Crippen molar-refractivity contribution >= 4 is 36.1 Å². The number of ether oxygens (including phenoxy) is 1. The monoisotopic (exact) mass is 484 g/mol. The second-order valence-corrected chi connectivity index (χ2v) is 7.83. The average molecular weight is 485 g/mol. The van der Waals surface area contributed by atoms with Gasteiger partial charge in [-0.2, -0.15) is 18.8 Å². The summed E-state index contributed by atoms with van der Waals surface area (Å²) in [6.07, 6.45) is 2.08. The molecule has 0 radical (unpaired) electrons. The van der Waals surface area contributed by atoms with Crippen LogP contribution in [0.25, 0.3) is 22.0 Å². The van der Waals surface area contributed by atoms with Crippen molar-refractivity contribution in [1.82, 2.24) is 14.9 Å². The summed E-state index contributed by atoms with van der Waals surface area (Å²) in [7, 11) is 1.53. The molecule has 7 nitrogen and oxygen atoms in total. The predicted octanol–water partition coefficient (Wildman–Crippen LogP) is 4.14. The minimum absolute atomic E-state index is 0. The van der Waals surface area contributed by atoms with Gasteiger partial charge < -0.3 is 9.64 Å². The maximum Gasteiger partial charge on any atom is 0.268 e. The van der Waals surface area contributed by atoms with Gasteiger partial charge in [0.2, 0.25) is 11.8 Å². The number of aromatic nitrogens is 2. The van der Waals surface area contributed by atoms with Gasteiger partial charge in [-0.25, -0.2) is 13.8 Å². The first-order valence-electron chi connectivity index (χ1n) is 10.3. The van der Waals surface area contributed by atoms with Gasteiger partial charge in [0.15, 0.2) is 5.78 Å². The van der Waals surface area contributed by atoms with E-state index >= 15 is 0 Å². The topological polar surface area (TPSA) is 96.2 Å². The Morgan fingerprint density at radius 2 is 1.94 bits per heavy atom. The maximum atomic E-state index is 13.6. The number of halogens is 2. The molecule has 1 saturated heterocycles. The summed E-state index contributed by atoms with van der Waals surface area (Å²) in [6, 6.07) is 11.2. The number of rotatable bonds is 6. The van der Waals surface area contributed by atoms with Gasteiger partial charge in [-0.1, -0.05) is 6.07 Å². The molecule has 0 spiro atoms. The molecule has 0 aliphatic carbocycles. The number of nitrogens with zero attached hydrogens (tertiary/aromatic N) is 4. The fourth-order valence-corrected chi connectivity index (χ4v) is 3.93. The number of amides is 1. The Morgan fingerprint density at radius 1 is 1.18 bits per heavy atom. The molecular formula is C24H22F2N4O3S. The molecule has 3 aromatic rings. The molecule has 1 aromatic carbocycles. The van der Waals surface area contributed by atoms with Crippen LogP contribution in [0.15, 0.2) is 48.8 Å². The fourth-order valence-electron chi connectivity index (χ4n) is 3.93. The molecule has 10 heteroatoms. The van der Waals surface area contributed by atoms with Crippen molar-refractivity contribution in [3.05, 3.63) is 54.4 Å². The van der Waals surface area contributed by atoms with E-state index in [1.54, 1.807) is 30.5 Å². The number of carbonyl (C=O) groups excluding carboxylic acids is 2. The van der Waals surface area contributed by atoms with Crippen molar-refractivity contribution in [1.29, 1.82) is 5.26 Å². The predicted molar refractivity (Wildman–Crippen MR) is 126 cm³/mol. The number of benzene rings is 1. The van der Waals surface area contributed by atoms with Gasteiger partial charge in [-0.15, -0.1) is 0 Å². The van der Waals surface area contributed by atoms with E-state index in [0.29, 0.717) is 22.3 Å². The summed E-state index contributed by atoms with van der Waals surface area (Å²) < 4.78 is 32.3. The zero-order valence-electron chi connectivity index (χ0n) is 18.3. The zero-order chi connectivity index (χ0) is 23.6. The molecule has 3 heterocycles. The van der Waals surface area contributed by atoms with Gasteiger partial charge in [-0.05, 0) is 29.8 Å². The first kappa shape index (κ1) is 25.1. The van der Waals surface area contributed by atoms with Crippen LogP contribution in [0, 0.1) is 11.3 Å². The van der Waals surface area contributed by atoms with Crippen LogP contribution in [-0.4, -0.2) is 52.2 Å². The highest BCUT2D eigenvalue weighted by atomic mass is 32.1. The number of nitriles is 1. The smallest absolute Gasteiger partial charge is 0.268 e. The van der Waals surface area contributed by atoms with E-state index in [1.165, 1.54) is 13.3 Å². The molecule has 1 aliphatic rings. The van der Waals surface area contributed by atoms with Crippen LogP contribution in [0.1, 0.15) is 29.6 Å². The fraction of sp³-hybridized carbons (Fsp3) is 0.292.